The number of carbonyl (C=O) groups excluding carboxylic acids is 1. The topological polar surface area (TPSA) is 64.1 Å². The Morgan fingerprint density at radius 2 is 1.83 bits per heavy atom. The average Bonchev–Trinajstić information content (AvgIpc) is 3.00. The Balaban J connectivity index is 1.60. The lowest BCUT2D eigenvalue weighted by Gasteiger charge is -2.04. The molecule has 0 radical (unpaired) electrons. The highest BCUT2D eigenvalue weighted by Gasteiger charge is 2.10. The number of carbonyl (C=O) groups is 1. The molecule has 0 aliphatic carbocycles. The number of hydrogen-bond donors (Lipinski definition) is 1. The average molecular weight is 339 g/mol. The van der Waals surface area contributed by atoms with Crippen molar-refractivity contribution in [3.05, 3.63) is 70.2 Å². The molecule has 3 aromatic rings. The van der Waals surface area contributed by atoms with E-state index in [-0.39, 0.29) is 5.91 Å². The molecule has 6 heteroatoms. The number of ether oxygens (including phenoxy) is 1. The summed E-state index contributed by atoms with van der Waals surface area (Å²) in [5, 5.41) is 12.0. The van der Waals surface area contributed by atoms with E-state index in [2.05, 4.69) is 15.5 Å². The SMILES string of the molecule is Cc1cccc(OCc2nnc(NC(=O)c3cccc(C)c3)s2)c1. The summed E-state index contributed by atoms with van der Waals surface area (Å²) < 4.78 is 5.69. The molecule has 0 spiro atoms. The highest BCUT2D eigenvalue weighted by Crippen LogP contribution is 2.19. The highest BCUT2D eigenvalue weighted by atomic mass is 32.1. The van der Waals surface area contributed by atoms with Gasteiger partial charge >= 0.3 is 0 Å². The predicted octanol–water partition coefficient (Wildman–Crippen LogP) is 3.99. The first kappa shape index (κ1) is 16.1. The zero-order valence-corrected chi connectivity index (χ0v) is 14.3. The number of hydrogen-bond acceptors (Lipinski definition) is 5. The van der Waals surface area contributed by atoms with Crippen molar-refractivity contribution in [2.45, 2.75) is 20.5 Å². The standard InChI is InChI=1S/C18H17N3O2S/c1-12-5-3-7-14(9-12)17(22)19-18-21-20-16(24-18)11-23-15-8-4-6-13(2)10-15/h3-10H,11H2,1-2H3,(H,19,21,22). The molecule has 0 saturated heterocycles. The summed E-state index contributed by atoms with van der Waals surface area (Å²) in [7, 11) is 0. The Kier molecular flexibility index (Phi) is 4.86. The predicted molar refractivity (Wildman–Crippen MR) is 94.6 cm³/mol. The van der Waals surface area contributed by atoms with Crippen LogP contribution in [0.15, 0.2) is 48.5 Å². The van der Waals surface area contributed by atoms with Crippen LogP contribution in [0.5, 0.6) is 5.75 Å². The van der Waals surface area contributed by atoms with Gasteiger partial charge in [0.05, 0.1) is 0 Å². The number of nitrogens with zero attached hydrogens (tertiary/aromatic N) is 2. The van der Waals surface area contributed by atoms with Crippen molar-refractivity contribution in [3.63, 3.8) is 0 Å². The van der Waals surface area contributed by atoms with Crippen LogP contribution in [0, 0.1) is 13.8 Å². The van der Waals surface area contributed by atoms with Crippen molar-refractivity contribution < 1.29 is 9.53 Å². The summed E-state index contributed by atoms with van der Waals surface area (Å²) >= 11 is 1.30. The van der Waals surface area contributed by atoms with E-state index in [1.807, 2.05) is 56.3 Å². The summed E-state index contributed by atoms with van der Waals surface area (Å²) in [4.78, 5) is 12.2. The molecule has 1 heterocycles. The van der Waals surface area contributed by atoms with Gasteiger partial charge in [0.25, 0.3) is 5.91 Å². The molecule has 0 atom stereocenters. The third-order valence-electron chi connectivity index (χ3n) is 3.32. The number of anilines is 1. The lowest BCUT2D eigenvalue weighted by molar-refractivity contribution is 0.102. The van der Waals surface area contributed by atoms with E-state index in [0.717, 1.165) is 16.9 Å². The monoisotopic (exact) mass is 339 g/mol. The number of benzene rings is 2. The minimum Gasteiger partial charge on any atom is -0.486 e. The molecule has 1 amide bonds. The van der Waals surface area contributed by atoms with Gasteiger partial charge in [0, 0.05) is 5.56 Å². The third-order valence-corrected chi connectivity index (χ3v) is 4.13. The van der Waals surface area contributed by atoms with Crippen molar-refractivity contribution in [1.29, 1.82) is 0 Å². The van der Waals surface area contributed by atoms with Gasteiger partial charge in [-0.25, -0.2) is 0 Å². The Bertz CT molecular complexity index is 861. The fourth-order valence-electron chi connectivity index (χ4n) is 2.17. The van der Waals surface area contributed by atoms with E-state index < -0.39 is 0 Å². The van der Waals surface area contributed by atoms with Crippen LogP contribution in [0.4, 0.5) is 5.13 Å². The van der Waals surface area contributed by atoms with Crippen LogP contribution in [-0.2, 0) is 6.61 Å². The second-order valence-electron chi connectivity index (χ2n) is 5.43. The number of rotatable bonds is 5. The molecule has 5 nitrogen and oxygen atoms in total. The number of nitrogens with one attached hydrogen (secondary N) is 1. The van der Waals surface area contributed by atoms with Crippen LogP contribution in [0.1, 0.15) is 26.5 Å². The quantitative estimate of drug-likeness (QED) is 0.763. The number of aromatic nitrogens is 2. The summed E-state index contributed by atoms with van der Waals surface area (Å²) in [6.45, 7) is 4.28. The highest BCUT2D eigenvalue weighted by molar-refractivity contribution is 7.15. The molecular formula is C18H17N3O2S. The molecule has 1 N–H and O–H groups in total. The summed E-state index contributed by atoms with van der Waals surface area (Å²) in [6.07, 6.45) is 0. The van der Waals surface area contributed by atoms with Crippen molar-refractivity contribution in [2.75, 3.05) is 5.32 Å². The van der Waals surface area contributed by atoms with Crippen LogP contribution < -0.4 is 10.1 Å². The largest absolute Gasteiger partial charge is 0.486 e. The summed E-state index contributed by atoms with van der Waals surface area (Å²) in [6, 6.07) is 15.2. The second kappa shape index (κ2) is 7.23. The molecule has 122 valence electrons. The van der Waals surface area contributed by atoms with Crippen LogP contribution in [0.2, 0.25) is 0 Å². The molecule has 0 unspecified atom stereocenters. The van der Waals surface area contributed by atoms with Gasteiger partial charge in [0.1, 0.15) is 12.4 Å². The van der Waals surface area contributed by atoms with Gasteiger partial charge in [-0.1, -0.05) is 41.2 Å². The van der Waals surface area contributed by atoms with Gasteiger partial charge in [-0.05, 0) is 43.7 Å². The molecule has 2 aromatic carbocycles. The molecule has 0 aliphatic rings. The smallest absolute Gasteiger partial charge is 0.257 e. The van der Waals surface area contributed by atoms with Crippen LogP contribution >= 0.6 is 11.3 Å². The van der Waals surface area contributed by atoms with E-state index in [4.69, 9.17) is 4.74 Å². The maximum absolute atomic E-state index is 12.2. The molecular weight excluding hydrogens is 322 g/mol. The Morgan fingerprint density at radius 1 is 1.08 bits per heavy atom. The molecule has 1 aromatic heterocycles. The first-order valence-corrected chi connectivity index (χ1v) is 8.32. The molecule has 0 saturated carbocycles. The maximum atomic E-state index is 12.2. The van der Waals surface area contributed by atoms with E-state index in [0.29, 0.717) is 22.3 Å². The zero-order chi connectivity index (χ0) is 16.9. The van der Waals surface area contributed by atoms with E-state index >= 15 is 0 Å². The van der Waals surface area contributed by atoms with Gasteiger partial charge < -0.3 is 4.74 Å². The Labute approximate surface area is 144 Å². The van der Waals surface area contributed by atoms with E-state index in [1.165, 1.54) is 11.3 Å². The lowest BCUT2D eigenvalue weighted by Crippen LogP contribution is -2.11. The van der Waals surface area contributed by atoms with E-state index in [9.17, 15) is 4.79 Å². The minimum absolute atomic E-state index is 0.194. The Hall–Kier alpha value is -2.73. The number of amides is 1. The molecule has 24 heavy (non-hydrogen) atoms. The zero-order valence-electron chi connectivity index (χ0n) is 13.4. The fraction of sp³-hybridized carbons (Fsp3) is 0.167. The maximum Gasteiger partial charge on any atom is 0.257 e. The van der Waals surface area contributed by atoms with Crippen molar-refractivity contribution in [3.8, 4) is 5.75 Å². The first-order valence-electron chi connectivity index (χ1n) is 7.50. The van der Waals surface area contributed by atoms with Gasteiger partial charge in [0.15, 0.2) is 5.01 Å². The second-order valence-corrected chi connectivity index (χ2v) is 6.49. The van der Waals surface area contributed by atoms with Crippen molar-refractivity contribution in [1.82, 2.24) is 10.2 Å². The van der Waals surface area contributed by atoms with Crippen LogP contribution in [0.3, 0.4) is 0 Å². The summed E-state index contributed by atoms with van der Waals surface area (Å²) in [5.74, 6) is 0.594. The van der Waals surface area contributed by atoms with Gasteiger partial charge in [-0.2, -0.15) is 0 Å². The van der Waals surface area contributed by atoms with Crippen molar-refractivity contribution >= 4 is 22.4 Å². The molecule has 3 rings (SSSR count). The molecule has 0 aliphatic heterocycles. The van der Waals surface area contributed by atoms with Gasteiger partial charge in [-0.3, -0.25) is 10.1 Å². The minimum atomic E-state index is -0.194. The molecule has 0 bridgehead atoms. The fourth-order valence-corrected chi connectivity index (χ4v) is 2.82. The normalized spacial score (nSPS) is 10.4. The molecule has 0 fully saturated rings. The summed E-state index contributed by atoms with van der Waals surface area (Å²) in [5.41, 5.74) is 2.77. The third kappa shape index (κ3) is 4.17. The van der Waals surface area contributed by atoms with Crippen LogP contribution in [-0.4, -0.2) is 16.1 Å². The Morgan fingerprint density at radius 3 is 2.58 bits per heavy atom. The van der Waals surface area contributed by atoms with Gasteiger partial charge in [-0.15, -0.1) is 10.2 Å². The van der Waals surface area contributed by atoms with Crippen molar-refractivity contribution in [2.24, 2.45) is 0 Å². The first-order chi connectivity index (χ1) is 11.6. The lowest BCUT2D eigenvalue weighted by atomic mass is 10.1. The van der Waals surface area contributed by atoms with Gasteiger partial charge in [0.2, 0.25) is 5.13 Å². The van der Waals surface area contributed by atoms with Crippen LogP contribution in [0.25, 0.3) is 0 Å². The van der Waals surface area contributed by atoms with E-state index in [1.54, 1.807) is 6.07 Å². The number of aryl methyl sites for hydroxylation is 2.